The van der Waals surface area contributed by atoms with Gasteiger partial charge in [-0.15, -0.1) is 0 Å². The molecule has 0 aliphatic carbocycles. The van der Waals surface area contributed by atoms with Gasteiger partial charge in [0.05, 0.1) is 18.4 Å². The number of nitrogens with zero attached hydrogens (tertiary/aromatic N) is 2. The van der Waals surface area contributed by atoms with Crippen LogP contribution in [0.5, 0.6) is 5.75 Å². The third-order valence-electron chi connectivity index (χ3n) is 5.23. The number of hydrogen-bond acceptors (Lipinski definition) is 4. The molecule has 0 unspecified atom stereocenters. The second kappa shape index (κ2) is 8.45. The molecule has 0 amide bonds. The molecule has 0 spiro atoms. The van der Waals surface area contributed by atoms with E-state index in [2.05, 4.69) is 34.5 Å². The molecule has 4 rings (SSSR count). The first-order valence-corrected chi connectivity index (χ1v) is 9.88. The lowest BCUT2D eigenvalue weighted by atomic mass is 10.0. The first-order valence-electron chi connectivity index (χ1n) is 9.88. The quantitative estimate of drug-likeness (QED) is 0.417. The van der Waals surface area contributed by atoms with Crippen molar-refractivity contribution in [2.24, 2.45) is 4.99 Å². The van der Waals surface area contributed by atoms with Gasteiger partial charge in [-0.1, -0.05) is 24.3 Å². The normalized spacial score (nSPS) is 14.8. The zero-order chi connectivity index (χ0) is 20.2. The molecule has 1 aliphatic heterocycles. The fourth-order valence-electron chi connectivity index (χ4n) is 3.63. The number of amidine groups is 1. The third-order valence-corrected chi connectivity index (χ3v) is 5.23. The predicted molar refractivity (Wildman–Crippen MR) is 118 cm³/mol. The number of hydrogen-bond donors (Lipinski definition) is 1. The van der Waals surface area contributed by atoms with E-state index in [0.29, 0.717) is 5.56 Å². The lowest BCUT2D eigenvalue weighted by molar-refractivity contribution is 0.101. The molecule has 148 valence electrons. The summed E-state index contributed by atoms with van der Waals surface area (Å²) in [5.41, 5.74) is 2.48. The van der Waals surface area contributed by atoms with E-state index in [1.54, 1.807) is 14.0 Å². The predicted octanol–water partition coefficient (Wildman–Crippen LogP) is 4.03. The number of Topliss-reactive ketones (excluding diaryl/α,β-unsaturated/α-hetero) is 1. The molecule has 0 aromatic heterocycles. The van der Waals surface area contributed by atoms with E-state index in [1.165, 1.54) is 0 Å². The molecule has 1 fully saturated rings. The fraction of sp³-hybridized carbons (Fsp3) is 0.250. The molecule has 5 nitrogen and oxygen atoms in total. The molecular weight excluding hydrogens is 362 g/mol. The Hall–Kier alpha value is -3.18. The Balaban J connectivity index is 1.84. The zero-order valence-corrected chi connectivity index (χ0v) is 16.8. The molecule has 1 heterocycles. The minimum atomic E-state index is 0.0547. The van der Waals surface area contributed by atoms with Crippen LogP contribution in [0.4, 0.5) is 5.69 Å². The Morgan fingerprint density at radius 2 is 1.66 bits per heavy atom. The molecule has 0 atom stereocenters. The first kappa shape index (κ1) is 19.2. The molecule has 1 aliphatic rings. The smallest absolute Gasteiger partial charge is 0.159 e. The van der Waals surface area contributed by atoms with E-state index in [9.17, 15) is 4.79 Å². The van der Waals surface area contributed by atoms with Crippen molar-refractivity contribution in [2.45, 2.75) is 6.92 Å². The monoisotopic (exact) mass is 387 g/mol. The summed E-state index contributed by atoms with van der Waals surface area (Å²) in [6.07, 6.45) is 0. The molecule has 0 saturated carbocycles. The van der Waals surface area contributed by atoms with Gasteiger partial charge < -0.3 is 15.0 Å². The Bertz CT molecular complexity index is 1050. The van der Waals surface area contributed by atoms with Crippen LogP contribution in [0.3, 0.4) is 0 Å². The highest BCUT2D eigenvalue weighted by Crippen LogP contribution is 2.29. The molecule has 1 N–H and O–H groups in total. The van der Waals surface area contributed by atoms with Crippen molar-refractivity contribution in [1.82, 2.24) is 10.2 Å². The third kappa shape index (κ3) is 4.15. The Kier molecular flexibility index (Phi) is 5.58. The van der Waals surface area contributed by atoms with Gasteiger partial charge in [-0.2, -0.15) is 0 Å². The van der Waals surface area contributed by atoms with Gasteiger partial charge in [0, 0.05) is 31.7 Å². The van der Waals surface area contributed by atoms with E-state index in [-0.39, 0.29) is 5.78 Å². The number of benzene rings is 3. The Labute approximate surface area is 171 Å². The van der Waals surface area contributed by atoms with Crippen molar-refractivity contribution in [3.8, 4) is 5.75 Å². The first-order chi connectivity index (χ1) is 14.2. The molecule has 0 bridgehead atoms. The minimum absolute atomic E-state index is 0.0547. The van der Waals surface area contributed by atoms with E-state index < -0.39 is 0 Å². The standard InChI is InChI=1S/C24H25N3O2/c1-17(28)18-7-9-21(10-8-18)26-24(27-13-11-25-12-14-27)22-15-19-5-3-4-6-20(19)16-23(22)29-2/h3-10,15-16,25H,11-14H2,1-2H3. The maximum Gasteiger partial charge on any atom is 0.159 e. The van der Waals surface area contributed by atoms with Gasteiger partial charge in [0.2, 0.25) is 0 Å². The number of fused-ring (bicyclic) bond motifs is 1. The highest BCUT2D eigenvalue weighted by atomic mass is 16.5. The molecule has 0 radical (unpaired) electrons. The van der Waals surface area contributed by atoms with Crippen molar-refractivity contribution in [3.05, 3.63) is 71.8 Å². The average molecular weight is 387 g/mol. The lowest BCUT2D eigenvalue weighted by Crippen LogP contribution is -2.46. The van der Waals surface area contributed by atoms with Crippen molar-refractivity contribution >= 4 is 28.1 Å². The number of nitrogens with one attached hydrogen (secondary N) is 1. The number of ketones is 1. The van der Waals surface area contributed by atoms with Crippen molar-refractivity contribution in [1.29, 1.82) is 0 Å². The van der Waals surface area contributed by atoms with Crippen molar-refractivity contribution in [3.63, 3.8) is 0 Å². The Morgan fingerprint density at radius 1 is 1.00 bits per heavy atom. The summed E-state index contributed by atoms with van der Waals surface area (Å²) in [6.45, 7) is 5.15. The van der Waals surface area contributed by atoms with Crippen LogP contribution >= 0.6 is 0 Å². The maximum absolute atomic E-state index is 11.6. The van der Waals surface area contributed by atoms with Crippen molar-refractivity contribution < 1.29 is 9.53 Å². The largest absolute Gasteiger partial charge is 0.496 e. The van der Waals surface area contributed by atoms with Crippen LogP contribution in [0, 0.1) is 0 Å². The van der Waals surface area contributed by atoms with Crippen molar-refractivity contribution in [2.75, 3.05) is 33.3 Å². The highest BCUT2D eigenvalue weighted by Gasteiger charge is 2.20. The van der Waals surface area contributed by atoms with Gasteiger partial charge >= 0.3 is 0 Å². The van der Waals surface area contributed by atoms with Gasteiger partial charge in [-0.25, -0.2) is 4.99 Å². The summed E-state index contributed by atoms with van der Waals surface area (Å²) in [5, 5.41) is 5.69. The summed E-state index contributed by atoms with van der Waals surface area (Å²) in [5.74, 6) is 1.75. The van der Waals surface area contributed by atoms with Crippen LogP contribution in [0.2, 0.25) is 0 Å². The van der Waals surface area contributed by atoms with Gasteiger partial charge in [-0.3, -0.25) is 4.79 Å². The molecule has 3 aromatic rings. The molecule has 1 saturated heterocycles. The summed E-state index contributed by atoms with van der Waals surface area (Å²) >= 11 is 0. The second-order valence-corrected chi connectivity index (χ2v) is 7.18. The molecule has 3 aromatic carbocycles. The number of carbonyl (C=O) groups is 1. The van der Waals surface area contributed by atoms with Gasteiger partial charge in [0.1, 0.15) is 11.6 Å². The van der Waals surface area contributed by atoms with Crippen LogP contribution in [-0.4, -0.2) is 49.8 Å². The van der Waals surface area contributed by atoms with Gasteiger partial charge in [-0.05, 0) is 54.1 Å². The number of methoxy groups -OCH3 is 1. The molecular formula is C24H25N3O2. The van der Waals surface area contributed by atoms with Crippen LogP contribution < -0.4 is 10.1 Å². The summed E-state index contributed by atoms with van der Waals surface area (Å²) in [6, 6.07) is 19.9. The number of rotatable bonds is 4. The number of ether oxygens (including phenoxy) is 1. The zero-order valence-electron chi connectivity index (χ0n) is 16.8. The number of piperazine rings is 1. The van der Waals surface area contributed by atoms with E-state index >= 15 is 0 Å². The van der Waals surface area contributed by atoms with Crippen LogP contribution in [0.25, 0.3) is 10.8 Å². The second-order valence-electron chi connectivity index (χ2n) is 7.18. The Morgan fingerprint density at radius 3 is 2.28 bits per heavy atom. The van der Waals surface area contributed by atoms with Crippen LogP contribution in [0.15, 0.2) is 65.7 Å². The summed E-state index contributed by atoms with van der Waals surface area (Å²) in [7, 11) is 1.70. The molecule has 5 heteroatoms. The SMILES string of the molecule is COc1cc2ccccc2cc1C(=Nc1ccc(C(C)=O)cc1)N1CCNCC1. The number of carbonyl (C=O) groups excluding carboxylic acids is 1. The minimum Gasteiger partial charge on any atom is -0.496 e. The molecule has 29 heavy (non-hydrogen) atoms. The maximum atomic E-state index is 11.6. The van der Waals surface area contributed by atoms with E-state index in [4.69, 9.17) is 9.73 Å². The number of aliphatic imine (C=N–C) groups is 1. The fourth-order valence-corrected chi connectivity index (χ4v) is 3.63. The van der Waals surface area contributed by atoms with Crippen LogP contribution in [0.1, 0.15) is 22.8 Å². The van der Waals surface area contributed by atoms with Gasteiger partial charge in [0.15, 0.2) is 5.78 Å². The summed E-state index contributed by atoms with van der Waals surface area (Å²) in [4.78, 5) is 18.9. The van der Waals surface area contributed by atoms with E-state index in [0.717, 1.165) is 59.8 Å². The topological polar surface area (TPSA) is 53.9 Å². The van der Waals surface area contributed by atoms with Gasteiger partial charge in [0.25, 0.3) is 0 Å². The lowest BCUT2D eigenvalue weighted by Gasteiger charge is -2.31. The summed E-state index contributed by atoms with van der Waals surface area (Å²) < 4.78 is 5.75. The van der Waals surface area contributed by atoms with Crippen LogP contribution in [-0.2, 0) is 0 Å². The van der Waals surface area contributed by atoms with E-state index in [1.807, 2.05) is 36.4 Å². The highest BCUT2D eigenvalue weighted by molar-refractivity contribution is 6.06. The average Bonchev–Trinajstić information content (AvgIpc) is 2.77.